The van der Waals surface area contributed by atoms with Gasteiger partial charge < -0.3 is 15.5 Å². The highest BCUT2D eigenvalue weighted by atomic mass is 19.1. The lowest BCUT2D eigenvalue weighted by atomic mass is 9.84. The van der Waals surface area contributed by atoms with Crippen LogP contribution < -0.4 is 10.6 Å². The van der Waals surface area contributed by atoms with Crippen molar-refractivity contribution in [2.75, 3.05) is 23.7 Å². The van der Waals surface area contributed by atoms with E-state index < -0.39 is 23.1 Å². The molecule has 0 atom stereocenters. The van der Waals surface area contributed by atoms with Crippen LogP contribution in [0.2, 0.25) is 0 Å². The Morgan fingerprint density at radius 2 is 1.68 bits per heavy atom. The lowest BCUT2D eigenvalue weighted by molar-refractivity contribution is -0.137. The highest BCUT2D eigenvalue weighted by Crippen LogP contribution is 2.38. The molecule has 37 heavy (non-hydrogen) atoms. The third kappa shape index (κ3) is 5.35. The molecule has 1 aliphatic heterocycles. The summed E-state index contributed by atoms with van der Waals surface area (Å²) < 4.78 is 44.3. The molecule has 0 spiro atoms. The summed E-state index contributed by atoms with van der Waals surface area (Å²) in [5, 5.41) is 5.91. The second-order valence-corrected chi connectivity index (χ2v) is 10.3. The molecule has 5 rings (SSSR count). The summed E-state index contributed by atoms with van der Waals surface area (Å²) >= 11 is 0. The van der Waals surface area contributed by atoms with Crippen molar-refractivity contribution >= 4 is 34.7 Å². The monoisotopic (exact) mass is 515 g/mol. The molecule has 3 aromatic rings. The van der Waals surface area contributed by atoms with Gasteiger partial charge in [-0.3, -0.25) is 9.36 Å². The van der Waals surface area contributed by atoms with Crippen LogP contribution in [0.25, 0.3) is 11.2 Å². The van der Waals surface area contributed by atoms with Gasteiger partial charge in [0.2, 0.25) is 17.8 Å². The van der Waals surface area contributed by atoms with Gasteiger partial charge in [0.25, 0.3) is 0 Å². The quantitative estimate of drug-likeness (QED) is 0.448. The molecule has 2 N–H and O–H groups in total. The Morgan fingerprint density at radius 3 is 2.32 bits per heavy atom. The number of benzene rings is 1. The molecule has 1 saturated carbocycles. The average molecular weight is 516 g/mol. The molecule has 3 heterocycles. The normalized spacial score (nSPS) is 20.4. The van der Waals surface area contributed by atoms with Crippen molar-refractivity contribution < 1.29 is 18.0 Å². The minimum absolute atomic E-state index is 0.0275. The number of nitrogens with one attached hydrogen (secondary N) is 2. The Labute approximate surface area is 213 Å². The van der Waals surface area contributed by atoms with Crippen LogP contribution in [-0.4, -0.2) is 49.5 Å². The maximum atomic E-state index is 14.5. The standard InChI is InChI=1S/C26H32F3N7O/c1-15(2)31-25-30-14-21-23(34-25)36(26(32-21)33-22-19(28)12-17(27)13-20(22)29)18-8-6-16(7-9-18)24(37)35-10-4-3-5-11-35/h12-16,18H,3-11H2,1-2H3,(H,32,33)(H,30,31,34)/t16-,18+. The van der Waals surface area contributed by atoms with E-state index in [1.165, 1.54) is 6.42 Å². The van der Waals surface area contributed by atoms with E-state index in [0.717, 1.165) is 25.9 Å². The first-order valence-corrected chi connectivity index (χ1v) is 13.0. The summed E-state index contributed by atoms with van der Waals surface area (Å²) in [5.74, 6) is -2.29. The van der Waals surface area contributed by atoms with Crippen molar-refractivity contribution in [2.45, 2.75) is 70.9 Å². The van der Waals surface area contributed by atoms with E-state index in [2.05, 4.69) is 25.6 Å². The largest absolute Gasteiger partial charge is 0.352 e. The van der Waals surface area contributed by atoms with Gasteiger partial charge in [-0.25, -0.2) is 23.1 Å². The first-order valence-electron chi connectivity index (χ1n) is 13.0. The summed E-state index contributed by atoms with van der Waals surface area (Å²) in [6.07, 6.45) is 7.65. The molecule has 0 unspecified atom stereocenters. The molecule has 1 saturated heterocycles. The number of hydrogen-bond acceptors (Lipinski definition) is 6. The van der Waals surface area contributed by atoms with Gasteiger partial charge in [-0.2, -0.15) is 4.98 Å². The maximum absolute atomic E-state index is 14.5. The third-order valence-electron chi connectivity index (χ3n) is 7.17. The van der Waals surface area contributed by atoms with Crippen LogP contribution in [0.5, 0.6) is 0 Å². The van der Waals surface area contributed by atoms with Crippen LogP contribution >= 0.6 is 0 Å². The van der Waals surface area contributed by atoms with E-state index in [1.54, 1.807) is 6.20 Å². The van der Waals surface area contributed by atoms with Gasteiger partial charge in [-0.05, 0) is 58.8 Å². The number of anilines is 3. The van der Waals surface area contributed by atoms with Crippen LogP contribution in [0.15, 0.2) is 18.3 Å². The van der Waals surface area contributed by atoms with Crippen molar-refractivity contribution in [3.8, 4) is 0 Å². The Morgan fingerprint density at radius 1 is 1.00 bits per heavy atom. The van der Waals surface area contributed by atoms with Crippen LogP contribution in [0.1, 0.15) is 64.8 Å². The van der Waals surface area contributed by atoms with Gasteiger partial charge >= 0.3 is 0 Å². The van der Waals surface area contributed by atoms with Crippen LogP contribution in [0.4, 0.5) is 30.8 Å². The third-order valence-corrected chi connectivity index (χ3v) is 7.17. The fourth-order valence-electron chi connectivity index (χ4n) is 5.38. The highest BCUT2D eigenvalue weighted by molar-refractivity contribution is 5.79. The van der Waals surface area contributed by atoms with Gasteiger partial charge in [-0.1, -0.05) is 0 Å². The van der Waals surface area contributed by atoms with E-state index in [1.807, 2.05) is 23.3 Å². The fraction of sp³-hybridized carbons (Fsp3) is 0.538. The number of carbonyl (C=O) groups excluding carboxylic acids is 1. The predicted molar refractivity (Wildman–Crippen MR) is 135 cm³/mol. The van der Waals surface area contributed by atoms with Gasteiger partial charge in [0.05, 0.1) is 6.20 Å². The molecule has 1 aliphatic carbocycles. The molecule has 0 bridgehead atoms. The maximum Gasteiger partial charge on any atom is 0.225 e. The minimum atomic E-state index is -1.06. The van der Waals surface area contributed by atoms with Crippen molar-refractivity contribution in [2.24, 2.45) is 5.92 Å². The first kappa shape index (κ1) is 25.3. The molecular weight excluding hydrogens is 483 g/mol. The average Bonchev–Trinajstić information content (AvgIpc) is 3.23. The summed E-state index contributed by atoms with van der Waals surface area (Å²) in [6.45, 7) is 5.60. The Kier molecular flexibility index (Phi) is 7.21. The molecule has 2 fully saturated rings. The van der Waals surface area contributed by atoms with Gasteiger partial charge in [0.1, 0.15) is 17.0 Å². The summed E-state index contributed by atoms with van der Waals surface area (Å²) in [5.41, 5.74) is 0.501. The number of aromatic nitrogens is 4. The number of likely N-dealkylation sites (tertiary alicyclic amines) is 1. The number of hydrogen-bond donors (Lipinski definition) is 2. The van der Waals surface area contributed by atoms with Gasteiger partial charge in [0, 0.05) is 43.2 Å². The molecule has 1 amide bonds. The van der Waals surface area contributed by atoms with Crippen molar-refractivity contribution in [3.05, 3.63) is 35.8 Å². The Bertz CT molecular complexity index is 1260. The zero-order chi connectivity index (χ0) is 26.1. The molecule has 2 aromatic heterocycles. The smallest absolute Gasteiger partial charge is 0.225 e. The number of carbonyl (C=O) groups is 1. The van der Waals surface area contributed by atoms with Crippen molar-refractivity contribution in [3.63, 3.8) is 0 Å². The van der Waals surface area contributed by atoms with Gasteiger partial charge in [0.15, 0.2) is 17.3 Å². The molecule has 8 nitrogen and oxygen atoms in total. The summed E-state index contributed by atoms with van der Waals surface area (Å²) in [6, 6.07) is 1.26. The number of nitrogens with zero attached hydrogens (tertiary/aromatic N) is 5. The number of fused-ring (bicyclic) bond motifs is 1. The number of imidazole rings is 1. The molecular formula is C26H32F3N7O. The van der Waals surface area contributed by atoms with Crippen molar-refractivity contribution in [1.82, 2.24) is 24.4 Å². The predicted octanol–water partition coefficient (Wildman–Crippen LogP) is 5.55. The molecule has 0 radical (unpaired) electrons. The lowest BCUT2D eigenvalue weighted by Gasteiger charge is -2.34. The Hall–Kier alpha value is -3.37. The lowest BCUT2D eigenvalue weighted by Crippen LogP contribution is -2.41. The minimum Gasteiger partial charge on any atom is -0.352 e. The van der Waals surface area contributed by atoms with E-state index in [0.29, 0.717) is 54.9 Å². The first-order chi connectivity index (χ1) is 17.8. The number of rotatable bonds is 6. The molecule has 2 aliphatic rings. The van der Waals surface area contributed by atoms with E-state index in [-0.39, 0.29) is 29.9 Å². The highest BCUT2D eigenvalue weighted by Gasteiger charge is 2.33. The van der Waals surface area contributed by atoms with E-state index in [4.69, 9.17) is 0 Å². The molecule has 198 valence electrons. The SMILES string of the molecule is CC(C)Nc1ncc2nc(Nc3c(F)cc(F)cc3F)n([C@H]3CC[C@@H](C(=O)N4CCCCC4)CC3)c2n1. The second-order valence-electron chi connectivity index (χ2n) is 10.3. The van der Waals surface area contributed by atoms with Crippen LogP contribution in [0.3, 0.4) is 0 Å². The summed E-state index contributed by atoms with van der Waals surface area (Å²) in [4.78, 5) is 28.6. The molecule has 1 aromatic carbocycles. The zero-order valence-electron chi connectivity index (χ0n) is 21.1. The van der Waals surface area contributed by atoms with Gasteiger partial charge in [-0.15, -0.1) is 0 Å². The summed E-state index contributed by atoms with van der Waals surface area (Å²) in [7, 11) is 0. The number of piperidine rings is 1. The van der Waals surface area contributed by atoms with Crippen LogP contribution in [-0.2, 0) is 4.79 Å². The van der Waals surface area contributed by atoms with E-state index in [9.17, 15) is 18.0 Å². The van der Waals surface area contributed by atoms with Crippen molar-refractivity contribution in [1.29, 1.82) is 0 Å². The number of amides is 1. The Balaban J connectivity index is 1.45. The van der Waals surface area contributed by atoms with Crippen LogP contribution in [0, 0.1) is 23.4 Å². The zero-order valence-corrected chi connectivity index (χ0v) is 21.1. The number of halogens is 3. The fourth-order valence-corrected chi connectivity index (χ4v) is 5.38. The second kappa shape index (κ2) is 10.5. The molecule has 11 heteroatoms. The van der Waals surface area contributed by atoms with E-state index >= 15 is 0 Å². The topological polar surface area (TPSA) is 88.0 Å².